The molecule has 0 saturated heterocycles. The highest BCUT2D eigenvalue weighted by Crippen LogP contribution is 2.32. The zero-order valence-corrected chi connectivity index (χ0v) is 14.5. The normalized spacial score (nSPS) is 12.1. The molecule has 24 heavy (non-hydrogen) atoms. The van der Waals surface area contributed by atoms with Crippen LogP contribution in [-0.4, -0.2) is 9.91 Å². The summed E-state index contributed by atoms with van der Waals surface area (Å²) in [5.41, 5.74) is 8.33. The van der Waals surface area contributed by atoms with Crippen LogP contribution in [0.4, 0.5) is 5.69 Å². The number of nitrogens with two attached hydrogens (primary N) is 1. The Kier molecular flexibility index (Phi) is 6.70. The third kappa shape index (κ3) is 4.76. The van der Waals surface area contributed by atoms with Crippen LogP contribution in [0.3, 0.4) is 0 Å². The lowest BCUT2D eigenvalue weighted by Gasteiger charge is -2.14. The molecule has 0 saturated carbocycles. The van der Waals surface area contributed by atoms with Crippen LogP contribution in [0.25, 0.3) is 0 Å². The molecule has 0 spiro atoms. The third-order valence-corrected chi connectivity index (χ3v) is 4.21. The van der Waals surface area contributed by atoms with E-state index in [0.29, 0.717) is 12.0 Å². The monoisotopic (exact) mass is 347 g/mol. The van der Waals surface area contributed by atoms with E-state index in [1.54, 1.807) is 6.07 Å². The van der Waals surface area contributed by atoms with Gasteiger partial charge in [-0.15, -0.1) is 0 Å². The molecule has 0 fully saturated rings. The van der Waals surface area contributed by atoms with Gasteiger partial charge in [-0.2, -0.15) is 0 Å². The average Bonchev–Trinajstić information content (AvgIpc) is 2.55. The van der Waals surface area contributed by atoms with Gasteiger partial charge in [-0.3, -0.25) is 10.1 Å². The van der Waals surface area contributed by atoms with Gasteiger partial charge in [-0.1, -0.05) is 61.7 Å². The fraction of sp³-hybridized carbons (Fsp3) is 0.389. The molecule has 5 nitrogen and oxygen atoms in total. The highest BCUT2D eigenvalue weighted by atomic mass is 35.5. The largest absolute Gasteiger partial charge is 0.323 e. The number of benzene rings is 1. The molecule has 0 aliphatic heterocycles. The molecule has 0 aliphatic rings. The first-order valence-electron chi connectivity index (χ1n) is 8.16. The number of nitro groups is 1. The Bertz CT molecular complexity index is 692. The first kappa shape index (κ1) is 18.4. The van der Waals surface area contributed by atoms with E-state index < -0.39 is 11.0 Å². The summed E-state index contributed by atoms with van der Waals surface area (Å²) in [4.78, 5) is 15.1. The van der Waals surface area contributed by atoms with Crippen LogP contribution in [0.1, 0.15) is 49.0 Å². The zero-order chi connectivity index (χ0) is 17.5. The van der Waals surface area contributed by atoms with Crippen molar-refractivity contribution in [2.45, 2.75) is 45.1 Å². The van der Waals surface area contributed by atoms with E-state index >= 15 is 0 Å². The van der Waals surface area contributed by atoms with Crippen LogP contribution < -0.4 is 5.73 Å². The van der Waals surface area contributed by atoms with Crippen molar-refractivity contribution < 1.29 is 4.92 Å². The lowest BCUT2D eigenvalue weighted by atomic mass is 9.97. The summed E-state index contributed by atoms with van der Waals surface area (Å²) in [7, 11) is 0. The number of rotatable bonds is 8. The molecule has 1 aromatic heterocycles. The van der Waals surface area contributed by atoms with Crippen molar-refractivity contribution >= 4 is 17.3 Å². The maximum absolute atomic E-state index is 11.4. The summed E-state index contributed by atoms with van der Waals surface area (Å²) in [6.45, 7) is 2.12. The van der Waals surface area contributed by atoms with E-state index in [0.717, 1.165) is 36.9 Å². The minimum atomic E-state index is -0.502. The fourth-order valence-electron chi connectivity index (χ4n) is 2.70. The molecule has 2 aromatic rings. The molecule has 1 atom stereocenters. The number of unbranched alkanes of at least 4 members (excludes halogenated alkanes) is 2. The van der Waals surface area contributed by atoms with Gasteiger partial charge in [0.1, 0.15) is 0 Å². The van der Waals surface area contributed by atoms with Gasteiger partial charge in [0.15, 0.2) is 0 Å². The molecule has 1 aromatic carbocycles. The number of nitrogens with zero attached hydrogens (tertiary/aromatic N) is 2. The van der Waals surface area contributed by atoms with Crippen LogP contribution >= 0.6 is 11.6 Å². The summed E-state index contributed by atoms with van der Waals surface area (Å²) in [6.07, 6.45) is 4.42. The van der Waals surface area contributed by atoms with Gasteiger partial charge >= 0.3 is 5.69 Å². The van der Waals surface area contributed by atoms with E-state index in [1.807, 2.05) is 30.3 Å². The molecule has 128 valence electrons. The van der Waals surface area contributed by atoms with Crippen LogP contribution in [0.15, 0.2) is 36.4 Å². The van der Waals surface area contributed by atoms with Gasteiger partial charge in [0.2, 0.25) is 5.15 Å². The molecular weight excluding hydrogens is 326 g/mol. The molecule has 1 unspecified atom stereocenters. The van der Waals surface area contributed by atoms with E-state index in [2.05, 4.69) is 11.9 Å². The Hall–Kier alpha value is -1.98. The number of aromatic nitrogens is 1. The Morgan fingerprint density at radius 2 is 2.00 bits per heavy atom. The second-order valence-electron chi connectivity index (χ2n) is 5.85. The molecule has 6 heteroatoms. The Morgan fingerprint density at radius 3 is 2.62 bits per heavy atom. The Labute approximate surface area is 147 Å². The number of aryl methyl sites for hydroxylation is 1. The maximum Gasteiger partial charge on any atom is 0.311 e. The molecule has 2 N–H and O–H groups in total. The molecule has 0 radical (unpaired) electrons. The van der Waals surface area contributed by atoms with Gasteiger partial charge < -0.3 is 5.73 Å². The lowest BCUT2D eigenvalue weighted by molar-refractivity contribution is -0.385. The zero-order valence-electron chi connectivity index (χ0n) is 13.7. The second kappa shape index (κ2) is 8.76. The van der Waals surface area contributed by atoms with Crippen LogP contribution in [0.5, 0.6) is 0 Å². The quantitative estimate of drug-likeness (QED) is 0.327. The molecular formula is C18H22ClN3O2. The summed E-state index contributed by atoms with van der Waals surface area (Å²) >= 11 is 6.08. The summed E-state index contributed by atoms with van der Waals surface area (Å²) in [5.74, 6) is 0. The highest BCUT2D eigenvalue weighted by molar-refractivity contribution is 6.31. The highest BCUT2D eigenvalue weighted by Gasteiger charge is 2.25. The number of pyridine rings is 1. The van der Waals surface area contributed by atoms with E-state index in [4.69, 9.17) is 17.3 Å². The molecule has 0 aliphatic carbocycles. The van der Waals surface area contributed by atoms with Crippen molar-refractivity contribution in [2.75, 3.05) is 0 Å². The summed E-state index contributed by atoms with van der Waals surface area (Å²) < 4.78 is 0. The van der Waals surface area contributed by atoms with Gasteiger partial charge in [-0.05, 0) is 30.9 Å². The standard InChI is InChI=1S/C18H22ClN3O2/c1-2-3-5-10-14-12-15(17(22(23)24)18(19)21-14)16(20)11-13-8-6-4-7-9-13/h4,6-9,12,16H,2-3,5,10-11,20H2,1H3. The minimum absolute atomic E-state index is 0.0764. The van der Waals surface area contributed by atoms with Gasteiger partial charge in [-0.25, -0.2) is 4.98 Å². The molecule has 0 bridgehead atoms. The lowest BCUT2D eigenvalue weighted by Crippen LogP contribution is -2.16. The Balaban J connectivity index is 2.31. The number of halogens is 1. The van der Waals surface area contributed by atoms with Crippen molar-refractivity contribution in [3.8, 4) is 0 Å². The second-order valence-corrected chi connectivity index (χ2v) is 6.21. The van der Waals surface area contributed by atoms with Crippen LogP contribution in [-0.2, 0) is 12.8 Å². The first-order valence-corrected chi connectivity index (χ1v) is 8.54. The third-order valence-electron chi connectivity index (χ3n) is 3.95. The van der Waals surface area contributed by atoms with Gasteiger partial charge in [0.25, 0.3) is 0 Å². The number of hydrogen-bond acceptors (Lipinski definition) is 4. The predicted octanol–water partition coefficient (Wildman–Crippen LogP) is 4.62. The first-order chi connectivity index (χ1) is 11.5. The van der Waals surface area contributed by atoms with Gasteiger partial charge in [0, 0.05) is 11.7 Å². The SMILES string of the molecule is CCCCCc1cc(C(N)Cc2ccccc2)c([N+](=O)[O-])c(Cl)n1. The fourth-order valence-corrected chi connectivity index (χ4v) is 2.99. The van der Waals surface area contributed by atoms with E-state index in [9.17, 15) is 10.1 Å². The average molecular weight is 348 g/mol. The van der Waals surface area contributed by atoms with Crippen molar-refractivity contribution in [3.63, 3.8) is 0 Å². The molecule has 2 rings (SSSR count). The van der Waals surface area contributed by atoms with Crippen molar-refractivity contribution in [1.29, 1.82) is 0 Å². The van der Waals surface area contributed by atoms with Crippen molar-refractivity contribution in [1.82, 2.24) is 4.98 Å². The smallest absolute Gasteiger partial charge is 0.311 e. The number of hydrogen-bond donors (Lipinski definition) is 1. The van der Waals surface area contributed by atoms with E-state index in [1.165, 1.54) is 0 Å². The van der Waals surface area contributed by atoms with Gasteiger partial charge in [0.05, 0.1) is 10.5 Å². The van der Waals surface area contributed by atoms with Crippen molar-refractivity contribution in [3.05, 3.63) is 68.5 Å². The van der Waals surface area contributed by atoms with Crippen LogP contribution in [0, 0.1) is 10.1 Å². The molecule has 0 amide bonds. The van der Waals surface area contributed by atoms with Crippen molar-refractivity contribution in [2.24, 2.45) is 5.73 Å². The predicted molar refractivity (Wildman–Crippen MR) is 96.2 cm³/mol. The molecule has 1 heterocycles. The topological polar surface area (TPSA) is 82.0 Å². The summed E-state index contributed by atoms with van der Waals surface area (Å²) in [5, 5.41) is 11.3. The van der Waals surface area contributed by atoms with Crippen LogP contribution in [0.2, 0.25) is 5.15 Å². The van der Waals surface area contributed by atoms with E-state index in [-0.39, 0.29) is 10.8 Å². The maximum atomic E-state index is 11.4. The summed E-state index contributed by atoms with van der Waals surface area (Å²) in [6, 6.07) is 10.9. The minimum Gasteiger partial charge on any atom is -0.323 e. The Morgan fingerprint density at radius 1 is 1.29 bits per heavy atom.